The van der Waals surface area contributed by atoms with E-state index in [0.29, 0.717) is 18.9 Å². The van der Waals surface area contributed by atoms with Gasteiger partial charge < -0.3 is 14.4 Å². The highest BCUT2D eigenvalue weighted by molar-refractivity contribution is 5.85. The molecular weight excluding hydrogens is 316 g/mol. The molecule has 1 fully saturated rings. The first-order valence-corrected chi connectivity index (χ1v) is 7.51. The van der Waals surface area contributed by atoms with Gasteiger partial charge in [-0.15, -0.1) is 12.4 Å². The van der Waals surface area contributed by atoms with Gasteiger partial charge in [-0.25, -0.2) is 4.79 Å². The van der Waals surface area contributed by atoms with Gasteiger partial charge >= 0.3 is 6.09 Å². The first-order chi connectivity index (χ1) is 10.3. The third kappa shape index (κ3) is 5.13. The van der Waals surface area contributed by atoms with E-state index in [1.807, 2.05) is 33.8 Å². The van der Waals surface area contributed by atoms with Crippen LogP contribution in [-0.2, 0) is 4.74 Å². The van der Waals surface area contributed by atoms with E-state index in [-0.39, 0.29) is 24.5 Å². The Hall–Kier alpha value is -1.75. The molecule has 0 aromatic carbocycles. The highest BCUT2D eigenvalue weighted by atomic mass is 35.5. The summed E-state index contributed by atoms with van der Waals surface area (Å²) in [5.41, 5.74) is 1.40. The lowest BCUT2D eigenvalue weighted by molar-refractivity contribution is -0.0141. The summed E-state index contributed by atoms with van der Waals surface area (Å²) in [6.07, 6.45) is 4.10. The molecule has 1 amide bonds. The van der Waals surface area contributed by atoms with Crippen molar-refractivity contribution in [1.82, 2.24) is 9.88 Å². The number of pyridine rings is 1. The lowest BCUT2D eigenvalue weighted by Gasteiger charge is -2.40. The molecule has 2 heterocycles. The summed E-state index contributed by atoms with van der Waals surface area (Å²) in [5, 5.41) is 0. The van der Waals surface area contributed by atoms with E-state index in [4.69, 9.17) is 9.47 Å². The zero-order valence-corrected chi connectivity index (χ0v) is 15.0. The van der Waals surface area contributed by atoms with Crippen molar-refractivity contribution >= 4 is 24.6 Å². The van der Waals surface area contributed by atoms with Crippen molar-refractivity contribution in [3.8, 4) is 5.75 Å². The number of hydrogen-bond donors (Lipinski definition) is 0. The molecule has 0 bridgehead atoms. The quantitative estimate of drug-likeness (QED) is 0.835. The van der Waals surface area contributed by atoms with Crippen molar-refractivity contribution in [1.29, 1.82) is 0 Å². The first-order valence-electron chi connectivity index (χ1n) is 7.51. The summed E-state index contributed by atoms with van der Waals surface area (Å²) in [6.45, 7) is 12.4. The predicted molar refractivity (Wildman–Crippen MR) is 93.2 cm³/mol. The van der Waals surface area contributed by atoms with E-state index < -0.39 is 5.60 Å². The zero-order chi connectivity index (χ0) is 16.3. The average Bonchev–Trinajstić information content (AvgIpc) is 2.37. The highest BCUT2D eigenvalue weighted by Crippen LogP contribution is 2.23. The molecule has 6 heteroatoms. The van der Waals surface area contributed by atoms with Crippen molar-refractivity contribution in [2.75, 3.05) is 13.2 Å². The van der Waals surface area contributed by atoms with Crippen molar-refractivity contribution in [3.63, 3.8) is 0 Å². The van der Waals surface area contributed by atoms with Crippen LogP contribution in [0.5, 0.6) is 5.75 Å². The molecule has 1 atom stereocenters. The number of carbonyl (C=O) groups is 1. The summed E-state index contributed by atoms with van der Waals surface area (Å²) >= 11 is 0. The second-order valence-electron chi connectivity index (χ2n) is 6.48. The Morgan fingerprint density at radius 1 is 1.52 bits per heavy atom. The van der Waals surface area contributed by atoms with Gasteiger partial charge in [0.25, 0.3) is 0 Å². The van der Waals surface area contributed by atoms with Gasteiger partial charge in [0.15, 0.2) is 0 Å². The van der Waals surface area contributed by atoms with Crippen LogP contribution >= 0.6 is 12.4 Å². The first kappa shape index (κ1) is 19.3. The van der Waals surface area contributed by atoms with Gasteiger partial charge in [0.1, 0.15) is 18.0 Å². The van der Waals surface area contributed by atoms with Crippen LogP contribution in [0.3, 0.4) is 0 Å². The van der Waals surface area contributed by atoms with E-state index in [1.165, 1.54) is 0 Å². The predicted octanol–water partition coefficient (Wildman–Crippen LogP) is 3.84. The lowest BCUT2D eigenvalue weighted by Crippen LogP contribution is -2.55. The van der Waals surface area contributed by atoms with Crippen molar-refractivity contribution < 1.29 is 14.3 Å². The molecular formula is C17H25ClN2O3. The maximum Gasteiger partial charge on any atom is 0.410 e. The van der Waals surface area contributed by atoms with Crippen molar-refractivity contribution in [2.45, 2.75) is 45.8 Å². The third-order valence-corrected chi connectivity index (χ3v) is 3.54. The zero-order valence-electron chi connectivity index (χ0n) is 14.2. The molecule has 1 aromatic heterocycles. The smallest absolute Gasteiger partial charge is 0.410 e. The number of aromatic nitrogens is 1. The lowest BCUT2D eigenvalue weighted by atomic mass is 10.1. The molecule has 128 valence electrons. The molecule has 0 spiro atoms. The van der Waals surface area contributed by atoms with Crippen LogP contribution in [0.2, 0.25) is 0 Å². The monoisotopic (exact) mass is 340 g/mol. The van der Waals surface area contributed by atoms with Crippen LogP contribution in [0.15, 0.2) is 18.8 Å². The average molecular weight is 341 g/mol. The van der Waals surface area contributed by atoms with E-state index in [0.717, 1.165) is 17.7 Å². The van der Waals surface area contributed by atoms with Crippen molar-refractivity contribution in [3.05, 3.63) is 30.1 Å². The molecule has 0 N–H and O–H groups in total. The summed E-state index contributed by atoms with van der Waals surface area (Å²) in [5.74, 6) is 0.691. The van der Waals surface area contributed by atoms with Crippen LogP contribution in [0, 0.1) is 6.92 Å². The standard InChI is InChI=1S/C17H24N2O3.ClH/c1-6-13-9-15(10-18-12(13)2)21-11-14-7-8-19(14)16(20)22-17(3,4)5;/h6,9-10,14H,1,7-8,11H2,2-5H3;1H/t14-;/m0./s1. The second kappa shape index (κ2) is 7.68. The fourth-order valence-corrected chi connectivity index (χ4v) is 2.18. The van der Waals surface area contributed by atoms with E-state index in [1.54, 1.807) is 17.2 Å². The van der Waals surface area contributed by atoms with E-state index >= 15 is 0 Å². The molecule has 0 unspecified atom stereocenters. The molecule has 1 aromatic rings. The number of ether oxygens (including phenoxy) is 2. The topological polar surface area (TPSA) is 51.7 Å². The maximum absolute atomic E-state index is 12.0. The second-order valence-corrected chi connectivity index (χ2v) is 6.48. The summed E-state index contributed by atoms with van der Waals surface area (Å²) < 4.78 is 11.1. The van der Waals surface area contributed by atoms with Gasteiger partial charge in [-0.2, -0.15) is 0 Å². The summed E-state index contributed by atoms with van der Waals surface area (Å²) in [6, 6.07) is 1.97. The van der Waals surface area contributed by atoms with E-state index in [9.17, 15) is 4.79 Å². The molecule has 0 aliphatic carbocycles. The molecule has 1 saturated heterocycles. The number of rotatable bonds is 4. The Morgan fingerprint density at radius 2 is 2.22 bits per heavy atom. The van der Waals surface area contributed by atoms with E-state index in [2.05, 4.69) is 11.6 Å². The van der Waals surface area contributed by atoms with Gasteiger partial charge in [0, 0.05) is 12.2 Å². The third-order valence-electron chi connectivity index (χ3n) is 3.54. The molecule has 23 heavy (non-hydrogen) atoms. The minimum Gasteiger partial charge on any atom is -0.490 e. The normalized spacial score (nSPS) is 16.9. The van der Waals surface area contributed by atoms with Gasteiger partial charge in [0.05, 0.1) is 12.2 Å². The number of aryl methyl sites for hydroxylation is 1. The number of hydrogen-bond acceptors (Lipinski definition) is 4. The number of likely N-dealkylation sites (tertiary alicyclic amines) is 1. The molecule has 0 saturated carbocycles. The van der Waals surface area contributed by atoms with Crippen LogP contribution in [0.4, 0.5) is 4.79 Å². The minimum atomic E-state index is -0.474. The SMILES string of the molecule is C=Cc1cc(OC[C@@H]2CCN2C(=O)OC(C)(C)C)cnc1C.Cl. The summed E-state index contributed by atoms with van der Waals surface area (Å²) in [7, 11) is 0. The Bertz CT molecular complexity index is 569. The Labute approximate surface area is 144 Å². The fourth-order valence-electron chi connectivity index (χ4n) is 2.18. The van der Waals surface area contributed by atoms with Crippen LogP contribution in [0.1, 0.15) is 38.4 Å². The number of nitrogens with zero attached hydrogens (tertiary/aromatic N) is 2. The van der Waals surface area contributed by atoms with Gasteiger partial charge in [0.2, 0.25) is 0 Å². The molecule has 1 aliphatic heterocycles. The largest absolute Gasteiger partial charge is 0.490 e. The van der Waals surface area contributed by atoms with Gasteiger partial charge in [-0.05, 0) is 45.7 Å². The van der Waals surface area contributed by atoms with Crippen LogP contribution < -0.4 is 4.74 Å². The van der Waals surface area contributed by atoms with Crippen molar-refractivity contribution in [2.24, 2.45) is 0 Å². The maximum atomic E-state index is 12.0. The molecule has 2 rings (SSSR count). The molecule has 5 nitrogen and oxygen atoms in total. The summed E-state index contributed by atoms with van der Waals surface area (Å²) in [4.78, 5) is 18.0. The van der Waals surface area contributed by atoms with Crippen LogP contribution in [-0.4, -0.2) is 40.8 Å². The Balaban J connectivity index is 0.00000264. The highest BCUT2D eigenvalue weighted by Gasteiger charge is 2.35. The molecule has 1 aliphatic rings. The number of amides is 1. The number of carbonyl (C=O) groups excluding carboxylic acids is 1. The fraction of sp³-hybridized carbons (Fsp3) is 0.529. The molecule has 0 radical (unpaired) electrons. The number of halogens is 1. The van der Waals surface area contributed by atoms with Gasteiger partial charge in [-0.1, -0.05) is 12.7 Å². The minimum absolute atomic E-state index is 0. The Kier molecular flexibility index (Phi) is 6.45. The van der Waals surface area contributed by atoms with Gasteiger partial charge in [-0.3, -0.25) is 4.98 Å². The Morgan fingerprint density at radius 3 is 2.74 bits per heavy atom. The van der Waals surface area contributed by atoms with Crippen LogP contribution in [0.25, 0.3) is 6.08 Å².